The number of hydrogen-bond donors (Lipinski definition) is 0. The summed E-state index contributed by atoms with van der Waals surface area (Å²) in [4.78, 5) is 0. The molecule has 1 saturated heterocycles. The Labute approximate surface area is 143 Å². The number of aryl methyl sites for hydroxylation is 1. The summed E-state index contributed by atoms with van der Waals surface area (Å²) < 4.78 is 18.7. The minimum atomic E-state index is -0.156. The van der Waals surface area contributed by atoms with Crippen molar-refractivity contribution in [3.63, 3.8) is 0 Å². The Balaban J connectivity index is 1.41. The molecule has 6 rings (SSSR count). The largest absolute Gasteiger partial charge is 0.464 e. The van der Waals surface area contributed by atoms with E-state index in [0.29, 0.717) is 11.3 Å². The van der Waals surface area contributed by atoms with Crippen LogP contribution in [0.2, 0.25) is 0 Å². The van der Waals surface area contributed by atoms with Crippen LogP contribution in [0.1, 0.15) is 44.7 Å². The van der Waals surface area contributed by atoms with Crippen molar-refractivity contribution in [2.75, 3.05) is 0 Å². The summed E-state index contributed by atoms with van der Waals surface area (Å²) in [5, 5.41) is 1.19. The molecule has 4 aliphatic rings. The van der Waals surface area contributed by atoms with Gasteiger partial charge in [0.15, 0.2) is 0 Å². The zero-order valence-electron chi connectivity index (χ0n) is 15.0. The molecular formula is C20H25BO3. The molecule has 3 nitrogen and oxygen atoms in total. The third kappa shape index (κ3) is 1.82. The first-order valence-electron chi connectivity index (χ1n) is 9.18. The molecule has 0 amide bonds. The molecule has 4 atom stereocenters. The summed E-state index contributed by atoms with van der Waals surface area (Å²) in [6.07, 6.45) is 5.32. The van der Waals surface area contributed by atoms with E-state index in [4.69, 9.17) is 13.7 Å². The number of hydrogen-bond acceptors (Lipinski definition) is 3. The average molecular weight is 324 g/mol. The Morgan fingerprint density at radius 1 is 1.21 bits per heavy atom. The fourth-order valence-corrected chi connectivity index (χ4v) is 5.63. The van der Waals surface area contributed by atoms with Crippen LogP contribution in [0.5, 0.6) is 0 Å². The van der Waals surface area contributed by atoms with Gasteiger partial charge in [-0.25, -0.2) is 0 Å². The third-order valence-electron chi connectivity index (χ3n) is 7.27. The maximum Gasteiger partial charge on any atom is 0.462 e. The molecule has 4 fully saturated rings. The molecule has 1 aliphatic heterocycles. The predicted molar refractivity (Wildman–Crippen MR) is 94.8 cm³/mol. The molecule has 3 saturated carbocycles. The highest BCUT2D eigenvalue weighted by Gasteiger charge is 2.67. The second kappa shape index (κ2) is 4.67. The molecule has 24 heavy (non-hydrogen) atoms. The highest BCUT2D eigenvalue weighted by atomic mass is 16.7. The summed E-state index contributed by atoms with van der Waals surface area (Å²) >= 11 is 0. The summed E-state index contributed by atoms with van der Waals surface area (Å²) in [6.45, 7) is 9.16. The number of para-hydroxylation sites is 1. The van der Waals surface area contributed by atoms with Gasteiger partial charge in [0, 0.05) is 11.7 Å². The van der Waals surface area contributed by atoms with Gasteiger partial charge >= 0.3 is 7.12 Å². The average Bonchev–Trinajstić information content (AvgIpc) is 3.08. The lowest BCUT2D eigenvalue weighted by molar-refractivity contribution is -0.199. The maximum absolute atomic E-state index is 6.53. The number of rotatable bonds is 2. The molecule has 1 aromatic carbocycles. The minimum absolute atomic E-state index is 0.127. The van der Waals surface area contributed by atoms with Crippen molar-refractivity contribution in [3.8, 4) is 0 Å². The minimum Gasteiger partial charge on any atom is -0.464 e. The zero-order valence-corrected chi connectivity index (χ0v) is 15.0. The van der Waals surface area contributed by atoms with Crippen LogP contribution in [0, 0.1) is 24.2 Å². The number of furan rings is 1. The molecule has 2 bridgehead atoms. The molecule has 0 spiro atoms. The van der Waals surface area contributed by atoms with Gasteiger partial charge < -0.3 is 13.7 Å². The van der Waals surface area contributed by atoms with Crippen LogP contribution in [-0.2, 0) is 15.6 Å². The van der Waals surface area contributed by atoms with E-state index in [1.54, 1.807) is 0 Å². The lowest BCUT2D eigenvalue weighted by atomic mass is 9.43. The second-order valence-electron chi connectivity index (χ2n) is 8.81. The van der Waals surface area contributed by atoms with E-state index < -0.39 is 0 Å². The van der Waals surface area contributed by atoms with E-state index in [2.05, 4.69) is 45.9 Å². The fraction of sp³-hybridized carbons (Fsp3) is 0.600. The SMILES string of the molecule is Cc1cccc2c(CB3O[C@@H]4CC5CC(C5(C)C)[C@]4(C)O3)coc12. The second-order valence-corrected chi connectivity index (χ2v) is 8.81. The summed E-state index contributed by atoms with van der Waals surface area (Å²) in [6, 6.07) is 6.31. The Bertz CT molecular complexity index is 810. The molecule has 4 heteroatoms. The standard InChI is InChI=1S/C20H25BO3/c1-12-6-5-7-15-13(11-22-18(12)15)10-21-23-17-9-14-8-16(19(14,2)3)20(17,4)24-21/h5-7,11,14,16-17H,8-10H2,1-4H3/t14?,16?,17-,20+/m1/s1. The monoisotopic (exact) mass is 324 g/mol. The van der Waals surface area contributed by atoms with Crippen LogP contribution in [0.15, 0.2) is 28.9 Å². The van der Waals surface area contributed by atoms with Crippen molar-refractivity contribution in [3.05, 3.63) is 35.6 Å². The van der Waals surface area contributed by atoms with Gasteiger partial charge in [-0.1, -0.05) is 32.0 Å². The molecule has 2 unspecified atom stereocenters. The van der Waals surface area contributed by atoms with Crippen molar-refractivity contribution < 1.29 is 13.7 Å². The highest BCUT2D eigenvalue weighted by Crippen LogP contribution is 2.65. The van der Waals surface area contributed by atoms with Gasteiger partial charge in [-0.3, -0.25) is 0 Å². The molecule has 2 aromatic rings. The molecule has 126 valence electrons. The van der Waals surface area contributed by atoms with E-state index in [1.807, 2.05) is 6.26 Å². The van der Waals surface area contributed by atoms with Crippen molar-refractivity contribution >= 4 is 18.1 Å². The first-order chi connectivity index (χ1) is 11.4. The Hall–Kier alpha value is -1.26. The van der Waals surface area contributed by atoms with Gasteiger partial charge in [0.2, 0.25) is 0 Å². The Morgan fingerprint density at radius 2 is 2.04 bits per heavy atom. The first kappa shape index (κ1) is 15.0. The molecule has 2 heterocycles. The van der Waals surface area contributed by atoms with Crippen LogP contribution in [0.25, 0.3) is 11.0 Å². The number of benzene rings is 1. The van der Waals surface area contributed by atoms with Crippen molar-refractivity contribution in [2.24, 2.45) is 17.3 Å². The maximum atomic E-state index is 6.53. The highest BCUT2D eigenvalue weighted by molar-refractivity contribution is 6.45. The molecule has 1 aromatic heterocycles. The lowest BCUT2D eigenvalue weighted by Crippen LogP contribution is -2.65. The summed E-state index contributed by atoms with van der Waals surface area (Å²) in [7, 11) is -0.156. The Kier molecular flexibility index (Phi) is 2.93. The number of fused-ring (bicyclic) bond motifs is 1. The van der Waals surface area contributed by atoms with E-state index in [0.717, 1.165) is 24.2 Å². The molecule has 3 aliphatic carbocycles. The summed E-state index contributed by atoms with van der Waals surface area (Å²) in [5.41, 5.74) is 3.61. The Morgan fingerprint density at radius 3 is 2.83 bits per heavy atom. The van der Waals surface area contributed by atoms with Crippen LogP contribution < -0.4 is 0 Å². The third-order valence-corrected chi connectivity index (χ3v) is 7.27. The van der Waals surface area contributed by atoms with Gasteiger partial charge in [-0.2, -0.15) is 0 Å². The normalized spacial score (nSPS) is 36.7. The lowest BCUT2D eigenvalue weighted by Gasteiger charge is -2.64. The molecule has 0 radical (unpaired) electrons. The quantitative estimate of drug-likeness (QED) is 0.760. The van der Waals surface area contributed by atoms with Crippen LogP contribution in [-0.4, -0.2) is 18.8 Å². The van der Waals surface area contributed by atoms with E-state index in [9.17, 15) is 0 Å². The predicted octanol–water partition coefficient (Wildman–Crippen LogP) is 4.55. The van der Waals surface area contributed by atoms with Crippen LogP contribution in [0.4, 0.5) is 0 Å². The topological polar surface area (TPSA) is 31.6 Å². The van der Waals surface area contributed by atoms with Crippen molar-refractivity contribution in [1.82, 2.24) is 0 Å². The zero-order chi connectivity index (χ0) is 16.7. The van der Waals surface area contributed by atoms with Gasteiger partial charge in [0.1, 0.15) is 5.58 Å². The molecular weight excluding hydrogens is 299 g/mol. The van der Waals surface area contributed by atoms with E-state index >= 15 is 0 Å². The van der Waals surface area contributed by atoms with Gasteiger partial charge in [-0.05, 0) is 55.1 Å². The first-order valence-corrected chi connectivity index (χ1v) is 9.18. The van der Waals surface area contributed by atoms with Crippen LogP contribution >= 0.6 is 0 Å². The van der Waals surface area contributed by atoms with Gasteiger partial charge in [0.05, 0.1) is 18.0 Å². The van der Waals surface area contributed by atoms with Gasteiger partial charge in [0.25, 0.3) is 0 Å². The fourth-order valence-electron chi connectivity index (χ4n) is 5.63. The van der Waals surface area contributed by atoms with Gasteiger partial charge in [-0.15, -0.1) is 0 Å². The van der Waals surface area contributed by atoms with E-state index in [1.165, 1.54) is 22.9 Å². The summed E-state index contributed by atoms with van der Waals surface area (Å²) in [5.74, 6) is 1.41. The smallest absolute Gasteiger partial charge is 0.462 e. The van der Waals surface area contributed by atoms with Crippen LogP contribution in [0.3, 0.4) is 0 Å². The molecule has 0 N–H and O–H groups in total. The van der Waals surface area contributed by atoms with E-state index in [-0.39, 0.29) is 18.8 Å². The van der Waals surface area contributed by atoms with Crippen molar-refractivity contribution in [1.29, 1.82) is 0 Å². The van der Waals surface area contributed by atoms with Crippen molar-refractivity contribution in [2.45, 2.75) is 58.6 Å².